The summed E-state index contributed by atoms with van der Waals surface area (Å²) >= 11 is 0. The molecule has 3 unspecified atom stereocenters. The normalized spacial score (nSPS) is 36.8. The molecule has 0 amide bonds. The van der Waals surface area contributed by atoms with Gasteiger partial charge in [0.15, 0.2) is 0 Å². The largest absolute Gasteiger partial charge is 0.381 e. The average molecular weight is 254 g/mol. The third-order valence-electron chi connectivity index (χ3n) is 5.00. The van der Waals surface area contributed by atoms with E-state index < -0.39 is 0 Å². The van der Waals surface area contributed by atoms with Crippen molar-refractivity contribution in [3.63, 3.8) is 0 Å². The van der Waals surface area contributed by atoms with Crippen LogP contribution < -0.4 is 5.73 Å². The van der Waals surface area contributed by atoms with E-state index in [4.69, 9.17) is 10.5 Å². The van der Waals surface area contributed by atoms with E-state index in [-0.39, 0.29) is 0 Å². The maximum atomic E-state index is 6.49. The van der Waals surface area contributed by atoms with Gasteiger partial charge >= 0.3 is 0 Å². The first-order valence-electron chi connectivity index (χ1n) is 7.54. The maximum Gasteiger partial charge on any atom is 0.0506 e. The van der Waals surface area contributed by atoms with Gasteiger partial charge in [0.2, 0.25) is 0 Å². The lowest BCUT2D eigenvalue weighted by molar-refractivity contribution is 0.0200. The molecule has 3 atom stereocenters. The smallest absolute Gasteiger partial charge is 0.0506 e. The minimum absolute atomic E-state index is 0.292. The van der Waals surface area contributed by atoms with Crippen molar-refractivity contribution in [2.24, 2.45) is 17.1 Å². The highest BCUT2D eigenvalue weighted by Crippen LogP contribution is 2.36. The number of hydrogen-bond donors (Lipinski definition) is 1. The Hall–Kier alpha value is -0.120. The van der Waals surface area contributed by atoms with Crippen molar-refractivity contribution in [2.45, 2.75) is 58.0 Å². The molecule has 1 saturated carbocycles. The second kappa shape index (κ2) is 5.89. The Morgan fingerprint density at radius 3 is 2.72 bits per heavy atom. The number of hydrogen-bond acceptors (Lipinski definition) is 3. The molecule has 2 N–H and O–H groups in total. The fourth-order valence-electron chi connectivity index (χ4n) is 3.62. The molecular formula is C15H30N2O. The van der Waals surface area contributed by atoms with Crippen LogP contribution in [0.5, 0.6) is 0 Å². The summed E-state index contributed by atoms with van der Waals surface area (Å²) < 4.78 is 5.58. The zero-order chi connectivity index (χ0) is 13.2. The number of ether oxygens (including phenoxy) is 1. The van der Waals surface area contributed by atoms with Crippen LogP contribution in [0.4, 0.5) is 0 Å². The summed E-state index contributed by atoms with van der Waals surface area (Å²) in [6.07, 6.45) is 6.38. The Morgan fingerprint density at radius 1 is 1.28 bits per heavy atom. The number of nitrogens with zero attached hydrogens (tertiary/aromatic N) is 1. The van der Waals surface area contributed by atoms with Crippen molar-refractivity contribution < 1.29 is 4.74 Å². The van der Waals surface area contributed by atoms with Gasteiger partial charge in [-0.25, -0.2) is 0 Å². The van der Waals surface area contributed by atoms with Gasteiger partial charge < -0.3 is 15.4 Å². The van der Waals surface area contributed by atoms with Crippen LogP contribution in [0.2, 0.25) is 0 Å². The molecule has 18 heavy (non-hydrogen) atoms. The van der Waals surface area contributed by atoms with Crippen LogP contribution in [-0.2, 0) is 4.74 Å². The molecule has 2 rings (SSSR count). The molecule has 3 nitrogen and oxygen atoms in total. The summed E-state index contributed by atoms with van der Waals surface area (Å²) in [7, 11) is 2.25. The van der Waals surface area contributed by atoms with E-state index in [0.717, 1.165) is 19.8 Å². The highest BCUT2D eigenvalue weighted by atomic mass is 16.5. The van der Waals surface area contributed by atoms with Crippen LogP contribution in [0, 0.1) is 11.3 Å². The van der Waals surface area contributed by atoms with Crippen LogP contribution in [0.15, 0.2) is 0 Å². The molecule has 1 heterocycles. The van der Waals surface area contributed by atoms with Crippen molar-refractivity contribution in [1.29, 1.82) is 0 Å². The van der Waals surface area contributed by atoms with Gasteiger partial charge in [0.25, 0.3) is 0 Å². The Bertz CT molecular complexity index is 261. The molecule has 0 aromatic heterocycles. The SMILES string of the molecule is CN(CC1CCCOC1)C1CCCC(C)(C)C1N. The van der Waals surface area contributed by atoms with E-state index in [0.29, 0.717) is 23.4 Å². The molecule has 1 saturated heterocycles. The van der Waals surface area contributed by atoms with Crippen molar-refractivity contribution >= 4 is 0 Å². The highest BCUT2D eigenvalue weighted by molar-refractivity contribution is 4.95. The zero-order valence-electron chi connectivity index (χ0n) is 12.3. The first-order chi connectivity index (χ1) is 8.50. The summed E-state index contributed by atoms with van der Waals surface area (Å²) in [5.74, 6) is 0.709. The minimum atomic E-state index is 0.292. The van der Waals surface area contributed by atoms with Gasteiger partial charge in [-0.15, -0.1) is 0 Å². The topological polar surface area (TPSA) is 38.5 Å². The Labute approximate surface area is 112 Å². The predicted molar refractivity (Wildman–Crippen MR) is 75.6 cm³/mol. The lowest BCUT2D eigenvalue weighted by Gasteiger charge is -2.46. The van der Waals surface area contributed by atoms with Crippen molar-refractivity contribution in [2.75, 3.05) is 26.8 Å². The molecule has 0 aromatic rings. The van der Waals surface area contributed by atoms with Crippen LogP contribution in [-0.4, -0.2) is 43.8 Å². The van der Waals surface area contributed by atoms with E-state index in [1.54, 1.807) is 0 Å². The van der Waals surface area contributed by atoms with Gasteiger partial charge in [0.1, 0.15) is 0 Å². The zero-order valence-corrected chi connectivity index (χ0v) is 12.3. The number of likely N-dealkylation sites (N-methyl/N-ethyl adjacent to an activating group) is 1. The quantitative estimate of drug-likeness (QED) is 0.839. The molecule has 0 bridgehead atoms. The third kappa shape index (κ3) is 3.25. The summed E-state index contributed by atoms with van der Waals surface area (Å²) in [5.41, 5.74) is 6.78. The molecule has 3 heteroatoms. The van der Waals surface area contributed by atoms with Gasteiger partial charge in [-0.2, -0.15) is 0 Å². The molecular weight excluding hydrogens is 224 g/mol. The lowest BCUT2D eigenvalue weighted by atomic mass is 9.71. The number of rotatable bonds is 3. The molecule has 0 aromatic carbocycles. The van der Waals surface area contributed by atoms with E-state index in [1.165, 1.54) is 32.1 Å². The van der Waals surface area contributed by atoms with Gasteiger partial charge in [-0.3, -0.25) is 0 Å². The van der Waals surface area contributed by atoms with Crippen LogP contribution in [0.25, 0.3) is 0 Å². The van der Waals surface area contributed by atoms with Crippen molar-refractivity contribution in [3.05, 3.63) is 0 Å². The van der Waals surface area contributed by atoms with Gasteiger partial charge in [-0.05, 0) is 44.1 Å². The minimum Gasteiger partial charge on any atom is -0.381 e. The Balaban J connectivity index is 1.89. The highest BCUT2D eigenvalue weighted by Gasteiger charge is 2.38. The van der Waals surface area contributed by atoms with E-state index >= 15 is 0 Å². The summed E-state index contributed by atoms with van der Waals surface area (Å²) in [6, 6.07) is 0.858. The molecule has 2 fully saturated rings. The molecule has 1 aliphatic carbocycles. The second-order valence-corrected chi connectivity index (χ2v) is 7.00. The first kappa shape index (κ1) is 14.3. The molecule has 2 aliphatic rings. The summed E-state index contributed by atoms with van der Waals surface area (Å²) in [4.78, 5) is 2.50. The summed E-state index contributed by atoms with van der Waals surface area (Å²) in [6.45, 7) is 7.68. The molecule has 0 radical (unpaired) electrons. The lowest BCUT2D eigenvalue weighted by Crippen LogP contribution is -2.56. The van der Waals surface area contributed by atoms with Gasteiger partial charge in [-0.1, -0.05) is 20.3 Å². The molecule has 106 valence electrons. The van der Waals surface area contributed by atoms with Crippen molar-refractivity contribution in [3.8, 4) is 0 Å². The summed E-state index contributed by atoms with van der Waals surface area (Å²) in [5, 5.41) is 0. The van der Waals surface area contributed by atoms with Crippen LogP contribution in [0.3, 0.4) is 0 Å². The predicted octanol–water partition coefficient (Wildman–Crippen LogP) is 2.25. The van der Waals surface area contributed by atoms with Crippen LogP contribution in [0.1, 0.15) is 46.0 Å². The van der Waals surface area contributed by atoms with Gasteiger partial charge in [0, 0.05) is 25.2 Å². The maximum absolute atomic E-state index is 6.49. The Morgan fingerprint density at radius 2 is 2.06 bits per heavy atom. The third-order valence-corrected chi connectivity index (χ3v) is 5.00. The average Bonchev–Trinajstić information content (AvgIpc) is 2.34. The van der Waals surface area contributed by atoms with Crippen molar-refractivity contribution in [1.82, 2.24) is 4.90 Å². The van der Waals surface area contributed by atoms with E-state index in [2.05, 4.69) is 25.8 Å². The van der Waals surface area contributed by atoms with E-state index in [1.807, 2.05) is 0 Å². The van der Waals surface area contributed by atoms with Gasteiger partial charge in [0.05, 0.1) is 6.61 Å². The van der Waals surface area contributed by atoms with E-state index in [9.17, 15) is 0 Å². The monoisotopic (exact) mass is 254 g/mol. The molecule has 0 spiro atoms. The number of nitrogens with two attached hydrogens (primary N) is 1. The fourth-order valence-corrected chi connectivity index (χ4v) is 3.62. The fraction of sp³-hybridized carbons (Fsp3) is 1.00. The second-order valence-electron chi connectivity index (χ2n) is 7.00. The first-order valence-corrected chi connectivity index (χ1v) is 7.54. The Kier molecular flexibility index (Phi) is 4.68. The standard InChI is InChI=1S/C15H30N2O/c1-15(2)8-4-7-13(14(15)16)17(3)10-12-6-5-9-18-11-12/h12-14H,4-11,16H2,1-3H3. The molecule has 1 aliphatic heterocycles. The van der Waals surface area contributed by atoms with Crippen LogP contribution >= 0.6 is 0 Å².